The Morgan fingerprint density at radius 3 is 3.22 bits per heavy atom. The third-order valence-electron chi connectivity index (χ3n) is 2.97. The highest BCUT2D eigenvalue weighted by Gasteiger charge is 2.18. The molecule has 0 bridgehead atoms. The van der Waals surface area contributed by atoms with E-state index in [1.165, 1.54) is 12.3 Å². The molecule has 2 rings (SSSR count). The Kier molecular flexibility index (Phi) is 4.09. The minimum Gasteiger partial charge on any atom is -0.381 e. The molecule has 1 saturated heterocycles. The van der Waals surface area contributed by atoms with Crippen molar-refractivity contribution < 1.29 is 13.9 Å². The number of nitrogens with one attached hydrogen (secondary N) is 1. The fourth-order valence-corrected chi connectivity index (χ4v) is 1.94. The van der Waals surface area contributed by atoms with Crippen LogP contribution in [0.3, 0.4) is 0 Å². The summed E-state index contributed by atoms with van der Waals surface area (Å²) in [6.45, 7) is 1.90. The molecule has 2 heterocycles. The van der Waals surface area contributed by atoms with Gasteiger partial charge in [0.2, 0.25) is 0 Å². The normalized spacial score (nSPS) is 19.5. The van der Waals surface area contributed by atoms with E-state index in [0.29, 0.717) is 19.1 Å². The molecule has 0 aromatic carbocycles. The largest absolute Gasteiger partial charge is 0.381 e. The van der Waals surface area contributed by atoms with Gasteiger partial charge in [-0.3, -0.25) is 4.79 Å². The average Bonchev–Trinajstić information content (AvgIpc) is 2.40. The number of amides is 1. The van der Waals surface area contributed by atoms with Gasteiger partial charge in [0.05, 0.1) is 12.2 Å². The summed E-state index contributed by atoms with van der Waals surface area (Å²) in [7, 11) is 0. The molecule has 1 aliphatic rings. The van der Waals surface area contributed by atoms with E-state index in [1.54, 1.807) is 0 Å². The van der Waals surface area contributed by atoms with E-state index in [0.717, 1.165) is 19.4 Å². The van der Waals surface area contributed by atoms with Crippen molar-refractivity contribution in [2.75, 3.05) is 25.5 Å². The van der Waals surface area contributed by atoms with Crippen LogP contribution in [0.25, 0.3) is 0 Å². The van der Waals surface area contributed by atoms with Gasteiger partial charge in [-0.2, -0.15) is 0 Å². The number of aromatic nitrogens is 1. The molecular weight excluding hydrogens is 237 g/mol. The Bertz CT molecular complexity index is 433. The third-order valence-corrected chi connectivity index (χ3v) is 2.97. The monoisotopic (exact) mass is 253 g/mol. The standard InChI is InChI=1S/C12H16FN3O2/c13-10-9(3-4-15-11(10)14)12(17)16-6-8-2-1-5-18-7-8/h3-4,8H,1-2,5-7H2,(H2,14,15)(H,16,17). The number of hydrogen-bond donors (Lipinski definition) is 2. The summed E-state index contributed by atoms with van der Waals surface area (Å²) in [6.07, 6.45) is 3.33. The van der Waals surface area contributed by atoms with Gasteiger partial charge < -0.3 is 15.8 Å². The summed E-state index contributed by atoms with van der Waals surface area (Å²) in [5, 5.41) is 2.69. The predicted octanol–water partition coefficient (Wildman–Crippen LogP) is 0.959. The van der Waals surface area contributed by atoms with E-state index in [2.05, 4.69) is 10.3 Å². The number of nitrogens with two attached hydrogens (primary N) is 1. The molecule has 0 aliphatic carbocycles. The van der Waals surface area contributed by atoms with Gasteiger partial charge in [-0.15, -0.1) is 0 Å². The molecule has 1 fully saturated rings. The highest BCUT2D eigenvalue weighted by atomic mass is 19.1. The first-order valence-corrected chi connectivity index (χ1v) is 5.94. The van der Waals surface area contributed by atoms with Crippen molar-refractivity contribution in [2.24, 2.45) is 5.92 Å². The molecule has 1 amide bonds. The van der Waals surface area contributed by atoms with Crippen molar-refractivity contribution in [3.8, 4) is 0 Å². The maximum atomic E-state index is 13.5. The number of carbonyl (C=O) groups excluding carboxylic acids is 1. The lowest BCUT2D eigenvalue weighted by molar-refractivity contribution is 0.0536. The maximum Gasteiger partial charge on any atom is 0.254 e. The summed E-state index contributed by atoms with van der Waals surface area (Å²) in [4.78, 5) is 15.4. The Balaban J connectivity index is 1.93. The van der Waals surface area contributed by atoms with E-state index in [1.807, 2.05) is 0 Å². The Hall–Kier alpha value is -1.69. The van der Waals surface area contributed by atoms with Gasteiger partial charge in [-0.1, -0.05) is 0 Å². The fourth-order valence-electron chi connectivity index (χ4n) is 1.94. The molecule has 1 aliphatic heterocycles. The summed E-state index contributed by atoms with van der Waals surface area (Å²) < 4.78 is 18.9. The highest BCUT2D eigenvalue weighted by Crippen LogP contribution is 2.14. The number of anilines is 1. The first-order chi connectivity index (χ1) is 8.68. The van der Waals surface area contributed by atoms with Gasteiger partial charge in [0.1, 0.15) is 0 Å². The van der Waals surface area contributed by atoms with Crippen LogP contribution in [0.4, 0.5) is 10.2 Å². The summed E-state index contributed by atoms with van der Waals surface area (Å²) in [6, 6.07) is 1.32. The van der Waals surface area contributed by atoms with Crippen molar-refractivity contribution in [2.45, 2.75) is 12.8 Å². The Labute approximate surface area is 105 Å². The molecule has 1 unspecified atom stereocenters. The number of nitrogen functional groups attached to an aromatic ring is 1. The summed E-state index contributed by atoms with van der Waals surface area (Å²) in [5.41, 5.74) is 5.24. The molecule has 98 valence electrons. The number of rotatable bonds is 3. The maximum absolute atomic E-state index is 13.5. The van der Waals surface area contributed by atoms with Gasteiger partial charge in [-0.25, -0.2) is 9.37 Å². The molecule has 1 atom stereocenters. The molecule has 6 heteroatoms. The van der Waals surface area contributed by atoms with E-state index < -0.39 is 11.7 Å². The second-order valence-corrected chi connectivity index (χ2v) is 4.35. The Morgan fingerprint density at radius 2 is 2.50 bits per heavy atom. The molecule has 3 N–H and O–H groups in total. The lowest BCUT2D eigenvalue weighted by Crippen LogP contribution is -2.33. The van der Waals surface area contributed by atoms with Crippen molar-refractivity contribution in [1.82, 2.24) is 10.3 Å². The quantitative estimate of drug-likeness (QED) is 0.841. The molecule has 18 heavy (non-hydrogen) atoms. The zero-order chi connectivity index (χ0) is 13.0. The second kappa shape index (κ2) is 5.77. The molecule has 0 radical (unpaired) electrons. The number of pyridine rings is 1. The molecule has 0 saturated carbocycles. The Morgan fingerprint density at radius 1 is 1.67 bits per heavy atom. The van der Waals surface area contributed by atoms with E-state index in [9.17, 15) is 9.18 Å². The lowest BCUT2D eigenvalue weighted by atomic mass is 10.0. The SMILES string of the molecule is Nc1nccc(C(=O)NCC2CCCOC2)c1F. The van der Waals surface area contributed by atoms with Crippen LogP contribution < -0.4 is 11.1 Å². The number of halogens is 1. The highest BCUT2D eigenvalue weighted by molar-refractivity contribution is 5.95. The minimum absolute atomic E-state index is 0.0702. The topological polar surface area (TPSA) is 77.2 Å². The summed E-state index contributed by atoms with van der Waals surface area (Å²) >= 11 is 0. The van der Waals surface area contributed by atoms with Gasteiger partial charge in [0.15, 0.2) is 11.6 Å². The molecule has 5 nitrogen and oxygen atoms in total. The van der Waals surface area contributed by atoms with Crippen LogP contribution in [0.2, 0.25) is 0 Å². The number of carbonyl (C=O) groups is 1. The number of nitrogens with zero attached hydrogens (tertiary/aromatic N) is 1. The van der Waals surface area contributed by atoms with Crippen LogP contribution in [-0.2, 0) is 4.74 Å². The first-order valence-electron chi connectivity index (χ1n) is 5.94. The number of ether oxygens (including phenoxy) is 1. The fraction of sp³-hybridized carbons (Fsp3) is 0.500. The lowest BCUT2D eigenvalue weighted by Gasteiger charge is -2.22. The van der Waals surface area contributed by atoms with Gasteiger partial charge >= 0.3 is 0 Å². The molecular formula is C12H16FN3O2. The average molecular weight is 253 g/mol. The van der Waals surface area contributed by atoms with Crippen LogP contribution >= 0.6 is 0 Å². The first kappa shape index (κ1) is 12.8. The van der Waals surface area contributed by atoms with Crippen LogP contribution in [0.15, 0.2) is 12.3 Å². The smallest absolute Gasteiger partial charge is 0.254 e. The zero-order valence-corrected chi connectivity index (χ0v) is 9.99. The summed E-state index contributed by atoms with van der Waals surface area (Å²) in [5.74, 6) is -1.20. The van der Waals surface area contributed by atoms with E-state index in [-0.39, 0.29) is 11.4 Å². The molecule has 1 aromatic heterocycles. The second-order valence-electron chi connectivity index (χ2n) is 4.35. The zero-order valence-electron chi connectivity index (χ0n) is 9.99. The van der Waals surface area contributed by atoms with Crippen LogP contribution in [0, 0.1) is 11.7 Å². The molecule has 1 aromatic rings. The van der Waals surface area contributed by atoms with Gasteiger partial charge in [0, 0.05) is 19.3 Å². The van der Waals surface area contributed by atoms with Gasteiger partial charge in [0.25, 0.3) is 5.91 Å². The van der Waals surface area contributed by atoms with Crippen molar-refractivity contribution in [3.05, 3.63) is 23.6 Å². The third kappa shape index (κ3) is 2.95. The number of hydrogen-bond acceptors (Lipinski definition) is 4. The van der Waals surface area contributed by atoms with Crippen LogP contribution in [0.1, 0.15) is 23.2 Å². The predicted molar refractivity (Wildman–Crippen MR) is 64.5 cm³/mol. The minimum atomic E-state index is -0.769. The van der Waals surface area contributed by atoms with Crippen LogP contribution in [-0.4, -0.2) is 30.6 Å². The van der Waals surface area contributed by atoms with Crippen molar-refractivity contribution >= 4 is 11.7 Å². The van der Waals surface area contributed by atoms with Crippen molar-refractivity contribution in [3.63, 3.8) is 0 Å². The van der Waals surface area contributed by atoms with Crippen LogP contribution in [0.5, 0.6) is 0 Å². The van der Waals surface area contributed by atoms with E-state index >= 15 is 0 Å². The van der Waals surface area contributed by atoms with Gasteiger partial charge in [-0.05, 0) is 24.8 Å². The van der Waals surface area contributed by atoms with Crippen molar-refractivity contribution in [1.29, 1.82) is 0 Å². The van der Waals surface area contributed by atoms with E-state index in [4.69, 9.17) is 10.5 Å². The molecule has 0 spiro atoms.